The van der Waals surface area contributed by atoms with Gasteiger partial charge in [0.1, 0.15) is 6.10 Å². The van der Waals surface area contributed by atoms with Crippen molar-refractivity contribution in [3.8, 4) is 0 Å². The van der Waals surface area contributed by atoms with Crippen molar-refractivity contribution in [2.24, 2.45) is 11.7 Å². The molecule has 5 heteroatoms. The van der Waals surface area contributed by atoms with Crippen LogP contribution in [-0.2, 0) is 14.3 Å². The number of carbonyl (C=O) groups excluding carboxylic acids is 1. The van der Waals surface area contributed by atoms with Gasteiger partial charge in [-0.05, 0) is 33.1 Å². The quantitative estimate of drug-likeness (QED) is 0.782. The van der Waals surface area contributed by atoms with E-state index in [-0.39, 0.29) is 24.0 Å². The monoisotopic (exact) mass is 256 g/mol. The van der Waals surface area contributed by atoms with Crippen molar-refractivity contribution in [2.45, 2.75) is 57.5 Å². The Morgan fingerprint density at radius 1 is 1.44 bits per heavy atom. The number of hydrogen-bond donors (Lipinski definition) is 2. The Morgan fingerprint density at radius 3 is 2.83 bits per heavy atom. The molecule has 18 heavy (non-hydrogen) atoms. The lowest BCUT2D eigenvalue weighted by Crippen LogP contribution is -2.41. The molecule has 2 rings (SSSR count). The first-order valence-electron chi connectivity index (χ1n) is 6.81. The highest BCUT2D eigenvalue weighted by Gasteiger charge is 2.33. The van der Waals surface area contributed by atoms with Crippen LogP contribution in [0, 0.1) is 5.92 Å². The van der Waals surface area contributed by atoms with Crippen molar-refractivity contribution in [1.29, 1.82) is 0 Å². The van der Waals surface area contributed by atoms with Crippen LogP contribution in [0.3, 0.4) is 0 Å². The Labute approximate surface area is 108 Å². The van der Waals surface area contributed by atoms with Crippen LogP contribution < -0.4 is 11.1 Å². The number of ether oxygens (including phenoxy) is 2. The zero-order chi connectivity index (χ0) is 13.2. The third kappa shape index (κ3) is 3.67. The fourth-order valence-corrected chi connectivity index (χ4v) is 2.69. The molecule has 3 N–H and O–H groups in total. The third-order valence-electron chi connectivity index (χ3n) is 3.66. The standard InChI is InChI=1S/C13H24N2O3/c1-13(2)17-8-11(18-13)7-15-12(16)9-4-3-5-10(14)6-9/h9-11H,3-8,14H2,1-2H3,(H,15,16). The first kappa shape index (κ1) is 13.8. The van der Waals surface area contributed by atoms with Crippen molar-refractivity contribution in [1.82, 2.24) is 5.32 Å². The van der Waals surface area contributed by atoms with Crippen LogP contribution in [0.4, 0.5) is 0 Å². The van der Waals surface area contributed by atoms with E-state index in [1.807, 2.05) is 13.8 Å². The van der Waals surface area contributed by atoms with Gasteiger partial charge in [-0.2, -0.15) is 0 Å². The highest BCUT2D eigenvalue weighted by Crippen LogP contribution is 2.24. The molecule has 5 nitrogen and oxygen atoms in total. The first-order chi connectivity index (χ1) is 8.46. The molecule has 0 aromatic rings. The highest BCUT2D eigenvalue weighted by atomic mass is 16.7. The van der Waals surface area contributed by atoms with Gasteiger partial charge in [0.05, 0.1) is 6.61 Å². The van der Waals surface area contributed by atoms with Crippen molar-refractivity contribution in [3.63, 3.8) is 0 Å². The average Bonchev–Trinajstić information content (AvgIpc) is 2.66. The zero-order valence-electron chi connectivity index (χ0n) is 11.3. The van der Waals surface area contributed by atoms with Crippen molar-refractivity contribution in [3.05, 3.63) is 0 Å². The van der Waals surface area contributed by atoms with Gasteiger partial charge >= 0.3 is 0 Å². The van der Waals surface area contributed by atoms with Gasteiger partial charge in [-0.1, -0.05) is 6.42 Å². The molecule has 3 atom stereocenters. The number of nitrogens with one attached hydrogen (secondary N) is 1. The molecule has 0 bridgehead atoms. The molecule has 2 fully saturated rings. The van der Waals surface area contributed by atoms with E-state index in [1.165, 1.54) is 0 Å². The molecule has 2 aliphatic rings. The van der Waals surface area contributed by atoms with E-state index < -0.39 is 5.79 Å². The molecule has 1 amide bonds. The summed E-state index contributed by atoms with van der Waals surface area (Å²) in [4.78, 5) is 12.0. The number of amides is 1. The minimum Gasteiger partial charge on any atom is -0.353 e. The topological polar surface area (TPSA) is 73.6 Å². The van der Waals surface area contributed by atoms with E-state index in [2.05, 4.69) is 5.32 Å². The van der Waals surface area contributed by atoms with E-state index in [4.69, 9.17) is 15.2 Å². The summed E-state index contributed by atoms with van der Waals surface area (Å²) in [5.74, 6) is -0.342. The Morgan fingerprint density at radius 2 is 2.22 bits per heavy atom. The van der Waals surface area contributed by atoms with Gasteiger partial charge in [0.2, 0.25) is 5.91 Å². The molecule has 1 aliphatic heterocycles. The summed E-state index contributed by atoms with van der Waals surface area (Å²) in [5.41, 5.74) is 5.89. The van der Waals surface area contributed by atoms with Crippen LogP contribution in [0.1, 0.15) is 39.5 Å². The molecule has 1 aliphatic carbocycles. The minimum atomic E-state index is -0.525. The van der Waals surface area contributed by atoms with Gasteiger partial charge in [-0.25, -0.2) is 0 Å². The molecule has 1 saturated heterocycles. The molecule has 1 heterocycles. The Kier molecular flexibility index (Phi) is 4.25. The lowest BCUT2D eigenvalue weighted by molar-refractivity contribution is -0.140. The third-order valence-corrected chi connectivity index (χ3v) is 3.66. The van der Waals surface area contributed by atoms with Gasteiger partial charge in [-0.3, -0.25) is 4.79 Å². The molecular weight excluding hydrogens is 232 g/mol. The number of nitrogens with two attached hydrogens (primary N) is 1. The van der Waals surface area contributed by atoms with E-state index in [9.17, 15) is 4.79 Å². The molecule has 0 spiro atoms. The van der Waals surface area contributed by atoms with Crippen LogP contribution in [0.2, 0.25) is 0 Å². The summed E-state index contributed by atoms with van der Waals surface area (Å²) >= 11 is 0. The van der Waals surface area contributed by atoms with Crippen molar-refractivity contribution >= 4 is 5.91 Å². The van der Waals surface area contributed by atoms with Crippen LogP contribution >= 0.6 is 0 Å². The van der Waals surface area contributed by atoms with Crippen molar-refractivity contribution < 1.29 is 14.3 Å². The maximum absolute atomic E-state index is 12.0. The predicted octanol–water partition coefficient (Wildman–Crippen LogP) is 0.772. The van der Waals surface area contributed by atoms with Crippen LogP contribution in [0.5, 0.6) is 0 Å². The average molecular weight is 256 g/mol. The van der Waals surface area contributed by atoms with Gasteiger partial charge in [0.25, 0.3) is 0 Å². The number of hydrogen-bond acceptors (Lipinski definition) is 4. The van der Waals surface area contributed by atoms with Gasteiger partial charge in [-0.15, -0.1) is 0 Å². The second-order valence-electron chi connectivity index (χ2n) is 5.82. The van der Waals surface area contributed by atoms with Gasteiger partial charge in [0.15, 0.2) is 5.79 Å². The summed E-state index contributed by atoms with van der Waals surface area (Å²) < 4.78 is 11.1. The summed E-state index contributed by atoms with van der Waals surface area (Å²) in [6.45, 7) is 4.83. The second kappa shape index (κ2) is 5.55. The predicted molar refractivity (Wildman–Crippen MR) is 67.8 cm³/mol. The molecular formula is C13H24N2O3. The van der Waals surface area contributed by atoms with Gasteiger partial charge < -0.3 is 20.5 Å². The molecule has 0 radical (unpaired) electrons. The summed E-state index contributed by atoms with van der Waals surface area (Å²) in [7, 11) is 0. The fourth-order valence-electron chi connectivity index (χ4n) is 2.69. The van der Waals surface area contributed by atoms with Crippen LogP contribution in [-0.4, -0.2) is 37.0 Å². The summed E-state index contributed by atoms with van der Waals surface area (Å²) in [6, 6.07) is 0.180. The smallest absolute Gasteiger partial charge is 0.223 e. The Hall–Kier alpha value is -0.650. The number of rotatable bonds is 3. The lowest BCUT2D eigenvalue weighted by Gasteiger charge is -2.26. The van der Waals surface area contributed by atoms with Crippen molar-refractivity contribution in [2.75, 3.05) is 13.2 Å². The Balaban J connectivity index is 1.72. The summed E-state index contributed by atoms with van der Waals surface area (Å²) in [5, 5.41) is 2.95. The van der Waals surface area contributed by atoms with E-state index in [0.717, 1.165) is 25.7 Å². The molecule has 3 unspecified atom stereocenters. The fraction of sp³-hybridized carbons (Fsp3) is 0.923. The molecule has 104 valence electrons. The molecule has 0 aromatic carbocycles. The highest BCUT2D eigenvalue weighted by molar-refractivity contribution is 5.78. The van der Waals surface area contributed by atoms with E-state index in [0.29, 0.717) is 13.2 Å². The second-order valence-corrected chi connectivity index (χ2v) is 5.82. The molecule has 1 saturated carbocycles. The SMILES string of the molecule is CC1(C)OCC(CNC(=O)C2CCCC(N)C2)O1. The minimum absolute atomic E-state index is 0.0405. The lowest BCUT2D eigenvalue weighted by atomic mass is 9.85. The maximum atomic E-state index is 12.0. The first-order valence-corrected chi connectivity index (χ1v) is 6.81. The Bertz CT molecular complexity index is 307. The normalized spacial score (nSPS) is 35.4. The zero-order valence-corrected chi connectivity index (χ0v) is 11.3. The van der Waals surface area contributed by atoms with E-state index >= 15 is 0 Å². The van der Waals surface area contributed by atoms with Crippen LogP contribution in [0.15, 0.2) is 0 Å². The summed E-state index contributed by atoms with van der Waals surface area (Å²) in [6.07, 6.45) is 3.81. The van der Waals surface area contributed by atoms with Crippen LogP contribution in [0.25, 0.3) is 0 Å². The largest absolute Gasteiger partial charge is 0.353 e. The maximum Gasteiger partial charge on any atom is 0.223 e. The number of carbonyl (C=O) groups is 1. The molecule has 0 aromatic heterocycles. The van der Waals surface area contributed by atoms with E-state index in [1.54, 1.807) is 0 Å². The van der Waals surface area contributed by atoms with Gasteiger partial charge in [0, 0.05) is 18.5 Å².